The van der Waals surface area contributed by atoms with Crippen molar-refractivity contribution in [3.05, 3.63) is 18.0 Å². The maximum Gasteiger partial charge on any atom is 0.0848 e. The summed E-state index contributed by atoms with van der Waals surface area (Å²) < 4.78 is 1.90. The predicted octanol–water partition coefficient (Wildman–Crippen LogP) is 2.76. The van der Waals surface area contributed by atoms with Gasteiger partial charge in [0.2, 0.25) is 0 Å². The molecule has 0 bridgehead atoms. The fraction of sp³-hybridized carbons (Fsp3) is 0.750. The lowest BCUT2D eigenvalue weighted by Gasteiger charge is -2.18. The molecule has 0 aliphatic rings. The lowest BCUT2D eigenvalue weighted by Crippen LogP contribution is -2.10. The predicted molar refractivity (Wildman–Crippen MR) is 61.5 cm³/mol. The molecule has 1 aromatic rings. The van der Waals surface area contributed by atoms with E-state index in [4.69, 9.17) is 0 Å². The minimum Gasteiger partial charge on any atom is -0.388 e. The van der Waals surface area contributed by atoms with Crippen LogP contribution in [0.2, 0.25) is 0 Å². The van der Waals surface area contributed by atoms with E-state index >= 15 is 0 Å². The van der Waals surface area contributed by atoms with Gasteiger partial charge in [0, 0.05) is 18.3 Å². The van der Waals surface area contributed by atoms with Crippen LogP contribution >= 0.6 is 0 Å². The maximum atomic E-state index is 10.1. The van der Waals surface area contributed by atoms with Gasteiger partial charge in [-0.3, -0.25) is 4.68 Å². The van der Waals surface area contributed by atoms with Gasteiger partial charge in [0.15, 0.2) is 0 Å². The number of hydrogen-bond acceptors (Lipinski definition) is 2. The van der Waals surface area contributed by atoms with Crippen LogP contribution in [-0.4, -0.2) is 14.9 Å². The first kappa shape index (κ1) is 12.2. The summed E-state index contributed by atoms with van der Waals surface area (Å²) in [7, 11) is 0. The third-order valence-electron chi connectivity index (χ3n) is 2.94. The Labute approximate surface area is 92.1 Å². The number of nitrogens with zero attached hydrogens (tertiary/aromatic N) is 2. The monoisotopic (exact) mass is 210 g/mol. The van der Waals surface area contributed by atoms with E-state index in [0.29, 0.717) is 5.92 Å². The zero-order valence-electron chi connectivity index (χ0n) is 9.98. The van der Waals surface area contributed by atoms with Gasteiger partial charge >= 0.3 is 0 Å². The molecule has 0 spiro atoms. The maximum absolute atomic E-state index is 10.1. The van der Waals surface area contributed by atoms with E-state index in [9.17, 15) is 5.11 Å². The fourth-order valence-corrected chi connectivity index (χ4v) is 1.89. The molecule has 0 saturated heterocycles. The van der Waals surface area contributed by atoms with Gasteiger partial charge < -0.3 is 5.11 Å². The molecule has 1 atom stereocenters. The Bertz CT molecular complexity index is 279. The van der Waals surface area contributed by atoms with Gasteiger partial charge in [-0.1, -0.05) is 33.6 Å². The van der Waals surface area contributed by atoms with Crippen molar-refractivity contribution in [3.63, 3.8) is 0 Å². The second kappa shape index (κ2) is 5.91. The molecule has 0 fully saturated rings. The summed E-state index contributed by atoms with van der Waals surface area (Å²) in [6.07, 6.45) is 6.49. The van der Waals surface area contributed by atoms with Crippen molar-refractivity contribution in [2.45, 2.75) is 52.7 Å². The van der Waals surface area contributed by atoms with Gasteiger partial charge in [-0.05, 0) is 12.3 Å². The van der Waals surface area contributed by atoms with Gasteiger partial charge in [0.05, 0.1) is 12.3 Å². The van der Waals surface area contributed by atoms with Gasteiger partial charge in [-0.2, -0.15) is 5.10 Å². The van der Waals surface area contributed by atoms with Crippen molar-refractivity contribution < 1.29 is 5.11 Å². The summed E-state index contributed by atoms with van der Waals surface area (Å²) in [5.41, 5.74) is 0.956. The Kier molecular flexibility index (Phi) is 4.82. The number of aliphatic hydroxyl groups excluding tert-OH is 1. The smallest absolute Gasteiger partial charge is 0.0848 e. The van der Waals surface area contributed by atoms with Crippen LogP contribution in [-0.2, 0) is 6.54 Å². The van der Waals surface area contributed by atoms with Crippen LogP contribution in [0.25, 0.3) is 0 Å². The minimum absolute atomic E-state index is 0.351. The molecule has 1 heterocycles. The largest absolute Gasteiger partial charge is 0.388 e. The van der Waals surface area contributed by atoms with Crippen LogP contribution in [0.15, 0.2) is 12.4 Å². The molecule has 0 aromatic carbocycles. The Morgan fingerprint density at radius 1 is 1.33 bits per heavy atom. The second-order valence-corrected chi connectivity index (χ2v) is 4.06. The topological polar surface area (TPSA) is 38.0 Å². The average molecular weight is 210 g/mol. The molecule has 86 valence electrons. The fourth-order valence-electron chi connectivity index (χ4n) is 1.89. The van der Waals surface area contributed by atoms with Crippen molar-refractivity contribution in [1.29, 1.82) is 0 Å². The van der Waals surface area contributed by atoms with Gasteiger partial charge in [0.1, 0.15) is 0 Å². The zero-order chi connectivity index (χ0) is 11.3. The number of aromatic nitrogens is 2. The molecule has 1 rings (SSSR count). The van der Waals surface area contributed by atoms with E-state index in [0.717, 1.165) is 31.4 Å². The van der Waals surface area contributed by atoms with Crippen molar-refractivity contribution in [1.82, 2.24) is 9.78 Å². The summed E-state index contributed by atoms with van der Waals surface area (Å²) in [5, 5.41) is 14.3. The van der Waals surface area contributed by atoms with Crippen molar-refractivity contribution >= 4 is 0 Å². The first-order valence-corrected chi connectivity index (χ1v) is 5.93. The molecule has 3 nitrogen and oxygen atoms in total. The first-order valence-electron chi connectivity index (χ1n) is 5.93. The van der Waals surface area contributed by atoms with Crippen LogP contribution in [0.1, 0.15) is 51.7 Å². The molecule has 3 heteroatoms. The molecule has 0 aliphatic heterocycles. The zero-order valence-corrected chi connectivity index (χ0v) is 9.98. The van der Waals surface area contributed by atoms with E-state index in [2.05, 4.69) is 25.9 Å². The number of rotatable bonds is 6. The van der Waals surface area contributed by atoms with Crippen LogP contribution in [0.3, 0.4) is 0 Å². The Balaban J connectivity index is 2.68. The normalized spacial score (nSPS) is 13.4. The number of aryl methyl sites for hydroxylation is 1. The molecule has 0 radical (unpaired) electrons. The highest BCUT2D eigenvalue weighted by Gasteiger charge is 2.18. The molecule has 1 aromatic heterocycles. The summed E-state index contributed by atoms with van der Waals surface area (Å²) in [6.45, 7) is 7.29. The summed E-state index contributed by atoms with van der Waals surface area (Å²) in [4.78, 5) is 0. The third-order valence-corrected chi connectivity index (χ3v) is 2.94. The Morgan fingerprint density at radius 2 is 2.00 bits per heavy atom. The van der Waals surface area contributed by atoms with Crippen molar-refractivity contribution in [2.75, 3.05) is 0 Å². The van der Waals surface area contributed by atoms with E-state index in [1.54, 1.807) is 6.20 Å². The highest BCUT2D eigenvalue weighted by atomic mass is 16.3. The van der Waals surface area contributed by atoms with Gasteiger partial charge in [-0.25, -0.2) is 0 Å². The SMILES string of the molecule is CCCn1cc(C(O)C(CC)CC)cn1. The lowest BCUT2D eigenvalue weighted by atomic mass is 9.93. The first-order chi connectivity index (χ1) is 7.22. The average Bonchev–Trinajstić information content (AvgIpc) is 2.68. The van der Waals surface area contributed by atoms with E-state index in [-0.39, 0.29) is 6.10 Å². The Morgan fingerprint density at radius 3 is 2.53 bits per heavy atom. The highest BCUT2D eigenvalue weighted by Crippen LogP contribution is 2.26. The number of aliphatic hydroxyl groups is 1. The van der Waals surface area contributed by atoms with Gasteiger partial charge in [-0.15, -0.1) is 0 Å². The summed E-state index contributed by atoms with van der Waals surface area (Å²) in [5.74, 6) is 0.351. The summed E-state index contributed by atoms with van der Waals surface area (Å²) >= 11 is 0. The van der Waals surface area contributed by atoms with E-state index in [1.807, 2.05) is 10.9 Å². The van der Waals surface area contributed by atoms with Crippen LogP contribution in [0.5, 0.6) is 0 Å². The van der Waals surface area contributed by atoms with Crippen molar-refractivity contribution in [3.8, 4) is 0 Å². The van der Waals surface area contributed by atoms with Crippen molar-refractivity contribution in [2.24, 2.45) is 5.92 Å². The van der Waals surface area contributed by atoms with Gasteiger partial charge in [0.25, 0.3) is 0 Å². The molecular formula is C12H22N2O. The second-order valence-electron chi connectivity index (χ2n) is 4.06. The molecular weight excluding hydrogens is 188 g/mol. The molecule has 0 saturated carbocycles. The highest BCUT2D eigenvalue weighted by molar-refractivity contribution is 5.09. The lowest BCUT2D eigenvalue weighted by molar-refractivity contribution is 0.103. The third kappa shape index (κ3) is 3.06. The minimum atomic E-state index is -0.356. The molecule has 0 amide bonds. The Hall–Kier alpha value is -0.830. The quantitative estimate of drug-likeness (QED) is 0.784. The van der Waals surface area contributed by atoms with Crippen LogP contribution < -0.4 is 0 Å². The van der Waals surface area contributed by atoms with Crippen LogP contribution in [0.4, 0.5) is 0 Å². The molecule has 1 N–H and O–H groups in total. The van der Waals surface area contributed by atoms with Crippen LogP contribution in [0, 0.1) is 5.92 Å². The molecule has 1 unspecified atom stereocenters. The summed E-state index contributed by atoms with van der Waals surface area (Å²) in [6, 6.07) is 0. The number of hydrogen-bond donors (Lipinski definition) is 1. The van der Waals surface area contributed by atoms with E-state index < -0.39 is 0 Å². The molecule has 15 heavy (non-hydrogen) atoms. The molecule has 0 aliphatic carbocycles. The van der Waals surface area contributed by atoms with E-state index in [1.165, 1.54) is 0 Å². The standard InChI is InChI=1S/C12H22N2O/c1-4-7-14-9-11(8-13-14)12(15)10(5-2)6-3/h8-10,12,15H,4-7H2,1-3H3.